The smallest absolute Gasteiger partial charge is 0.220 e. The molecule has 0 saturated heterocycles. The number of carbonyl (C=O) groups excluding carboxylic acids is 1. The standard InChI is InChI=1S/C19H23NO2/c1-15-7-9-16(10-8-15)11-12-19(21)20-13-17-5-3-4-6-18(17)14-22-2/h3-10H,11-14H2,1-2H3,(H,20,21). The summed E-state index contributed by atoms with van der Waals surface area (Å²) >= 11 is 0. The molecular formula is C19H23NO2. The highest BCUT2D eigenvalue weighted by Crippen LogP contribution is 2.10. The molecule has 0 heterocycles. The van der Waals surface area contributed by atoms with Gasteiger partial charge in [-0.05, 0) is 30.0 Å². The molecule has 3 heteroatoms. The normalized spacial score (nSPS) is 10.5. The Bertz CT molecular complexity index is 605. The van der Waals surface area contributed by atoms with Crippen LogP contribution in [0.4, 0.5) is 0 Å². The summed E-state index contributed by atoms with van der Waals surface area (Å²) in [4.78, 5) is 12.0. The SMILES string of the molecule is COCc1ccccc1CNC(=O)CCc1ccc(C)cc1. The predicted molar refractivity (Wildman–Crippen MR) is 88.5 cm³/mol. The molecule has 3 nitrogen and oxygen atoms in total. The van der Waals surface area contributed by atoms with Crippen molar-refractivity contribution in [3.05, 3.63) is 70.8 Å². The van der Waals surface area contributed by atoms with Crippen LogP contribution in [0.25, 0.3) is 0 Å². The third kappa shape index (κ3) is 5.01. The van der Waals surface area contributed by atoms with E-state index in [1.54, 1.807) is 7.11 Å². The molecule has 2 aromatic carbocycles. The van der Waals surface area contributed by atoms with Crippen molar-refractivity contribution in [3.8, 4) is 0 Å². The quantitative estimate of drug-likeness (QED) is 0.850. The summed E-state index contributed by atoms with van der Waals surface area (Å²) in [5.41, 5.74) is 4.65. The molecule has 0 aliphatic heterocycles. The zero-order valence-electron chi connectivity index (χ0n) is 13.3. The van der Waals surface area contributed by atoms with E-state index in [1.807, 2.05) is 24.3 Å². The molecular weight excluding hydrogens is 274 g/mol. The fourth-order valence-electron chi connectivity index (χ4n) is 2.32. The number of amides is 1. The van der Waals surface area contributed by atoms with Gasteiger partial charge in [0.2, 0.25) is 5.91 Å². The second-order valence-corrected chi connectivity index (χ2v) is 5.46. The highest BCUT2D eigenvalue weighted by Gasteiger charge is 2.05. The first kappa shape index (κ1) is 16.2. The third-order valence-corrected chi connectivity index (χ3v) is 3.66. The first-order valence-electron chi connectivity index (χ1n) is 7.57. The Kier molecular flexibility index (Phi) is 6.16. The highest BCUT2D eigenvalue weighted by molar-refractivity contribution is 5.76. The van der Waals surface area contributed by atoms with E-state index in [0.717, 1.165) is 17.5 Å². The van der Waals surface area contributed by atoms with Gasteiger partial charge in [-0.1, -0.05) is 54.1 Å². The topological polar surface area (TPSA) is 38.3 Å². The second kappa shape index (κ2) is 8.35. The number of aryl methyl sites for hydroxylation is 2. The lowest BCUT2D eigenvalue weighted by atomic mass is 10.1. The van der Waals surface area contributed by atoms with E-state index in [9.17, 15) is 4.79 Å². The van der Waals surface area contributed by atoms with E-state index < -0.39 is 0 Å². The van der Waals surface area contributed by atoms with E-state index in [2.05, 4.69) is 36.5 Å². The van der Waals surface area contributed by atoms with Gasteiger partial charge in [-0.25, -0.2) is 0 Å². The number of rotatable bonds is 7. The van der Waals surface area contributed by atoms with Gasteiger partial charge in [0.1, 0.15) is 0 Å². The second-order valence-electron chi connectivity index (χ2n) is 5.46. The maximum Gasteiger partial charge on any atom is 0.220 e. The molecule has 0 fully saturated rings. The van der Waals surface area contributed by atoms with Crippen molar-refractivity contribution in [1.29, 1.82) is 0 Å². The maximum absolute atomic E-state index is 12.0. The van der Waals surface area contributed by atoms with Gasteiger partial charge in [0.15, 0.2) is 0 Å². The minimum Gasteiger partial charge on any atom is -0.380 e. The van der Waals surface area contributed by atoms with Gasteiger partial charge in [-0.3, -0.25) is 4.79 Å². The number of hydrogen-bond donors (Lipinski definition) is 1. The van der Waals surface area contributed by atoms with Crippen LogP contribution in [0.2, 0.25) is 0 Å². The maximum atomic E-state index is 12.0. The van der Waals surface area contributed by atoms with Crippen LogP contribution in [0.1, 0.15) is 28.7 Å². The summed E-state index contributed by atoms with van der Waals surface area (Å²) in [6.07, 6.45) is 1.28. The fourth-order valence-corrected chi connectivity index (χ4v) is 2.32. The number of ether oxygens (including phenoxy) is 1. The monoisotopic (exact) mass is 297 g/mol. The van der Waals surface area contributed by atoms with Gasteiger partial charge in [-0.15, -0.1) is 0 Å². The molecule has 0 atom stereocenters. The lowest BCUT2D eigenvalue weighted by Gasteiger charge is -2.10. The highest BCUT2D eigenvalue weighted by atomic mass is 16.5. The minimum absolute atomic E-state index is 0.0767. The molecule has 0 aliphatic rings. The molecule has 1 amide bonds. The molecule has 0 radical (unpaired) electrons. The van der Waals surface area contributed by atoms with E-state index in [1.165, 1.54) is 11.1 Å². The summed E-state index contributed by atoms with van der Waals surface area (Å²) in [6.45, 7) is 3.18. The molecule has 0 bridgehead atoms. The molecule has 0 spiro atoms. The van der Waals surface area contributed by atoms with Gasteiger partial charge < -0.3 is 10.1 Å². The summed E-state index contributed by atoms with van der Waals surface area (Å²) in [6, 6.07) is 16.3. The Morgan fingerprint density at radius 1 is 1.05 bits per heavy atom. The van der Waals surface area contributed by atoms with Crippen molar-refractivity contribution in [2.24, 2.45) is 0 Å². The lowest BCUT2D eigenvalue weighted by Crippen LogP contribution is -2.23. The third-order valence-electron chi connectivity index (χ3n) is 3.66. The Hall–Kier alpha value is -2.13. The van der Waals surface area contributed by atoms with E-state index in [-0.39, 0.29) is 5.91 Å². The summed E-state index contributed by atoms with van der Waals surface area (Å²) in [5, 5.41) is 2.98. The van der Waals surface area contributed by atoms with E-state index >= 15 is 0 Å². The van der Waals surface area contributed by atoms with Crippen molar-refractivity contribution in [2.75, 3.05) is 7.11 Å². The fraction of sp³-hybridized carbons (Fsp3) is 0.316. The summed E-state index contributed by atoms with van der Waals surface area (Å²) in [5.74, 6) is 0.0767. The van der Waals surface area contributed by atoms with Crippen LogP contribution in [-0.4, -0.2) is 13.0 Å². The Morgan fingerprint density at radius 3 is 2.41 bits per heavy atom. The average Bonchev–Trinajstić information content (AvgIpc) is 2.54. The van der Waals surface area contributed by atoms with Crippen molar-refractivity contribution >= 4 is 5.91 Å². The van der Waals surface area contributed by atoms with Crippen molar-refractivity contribution in [1.82, 2.24) is 5.32 Å². The van der Waals surface area contributed by atoms with Crippen LogP contribution >= 0.6 is 0 Å². The number of benzene rings is 2. The molecule has 2 aromatic rings. The molecule has 0 saturated carbocycles. The predicted octanol–water partition coefficient (Wildman–Crippen LogP) is 3.39. The number of carbonyl (C=O) groups is 1. The zero-order chi connectivity index (χ0) is 15.8. The molecule has 1 N–H and O–H groups in total. The van der Waals surface area contributed by atoms with Gasteiger partial charge in [0.05, 0.1) is 6.61 Å². The van der Waals surface area contributed by atoms with Crippen LogP contribution in [0.3, 0.4) is 0 Å². The molecule has 0 aromatic heterocycles. The molecule has 0 aliphatic carbocycles. The lowest BCUT2D eigenvalue weighted by molar-refractivity contribution is -0.121. The number of hydrogen-bond acceptors (Lipinski definition) is 2. The Labute approximate surface area is 132 Å². The summed E-state index contributed by atoms with van der Waals surface area (Å²) in [7, 11) is 1.68. The Morgan fingerprint density at radius 2 is 1.73 bits per heavy atom. The molecule has 22 heavy (non-hydrogen) atoms. The van der Waals surface area contributed by atoms with Crippen LogP contribution in [0.15, 0.2) is 48.5 Å². The van der Waals surface area contributed by atoms with Gasteiger partial charge in [0, 0.05) is 20.1 Å². The summed E-state index contributed by atoms with van der Waals surface area (Å²) < 4.78 is 5.18. The largest absolute Gasteiger partial charge is 0.380 e. The first-order chi connectivity index (χ1) is 10.7. The van der Waals surface area contributed by atoms with E-state index in [4.69, 9.17) is 4.74 Å². The van der Waals surface area contributed by atoms with Crippen LogP contribution < -0.4 is 5.32 Å². The Balaban J connectivity index is 1.81. The van der Waals surface area contributed by atoms with E-state index in [0.29, 0.717) is 19.6 Å². The van der Waals surface area contributed by atoms with Crippen molar-refractivity contribution < 1.29 is 9.53 Å². The van der Waals surface area contributed by atoms with Crippen LogP contribution in [-0.2, 0) is 29.1 Å². The average molecular weight is 297 g/mol. The van der Waals surface area contributed by atoms with Crippen LogP contribution in [0.5, 0.6) is 0 Å². The van der Waals surface area contributed by atoms with Crippen molar-refractivity contribution in [2.45, 2.75) is 32.9 Å². The van der Waals surface area contributed by atoms with Gasteiger partial charge in [0.25, 0.3) is 0 Å². The minimum atomic E-state index is 0.0767. The first-order valence-corrected chi connectivity index (χ1v) is 7.57. The number of nitrogens with one attached hydrogen (secondary N) is 1. The molecule has 0 unspecified atom stereocenters. The van der Waals surface area contributed by atoms with Crippen LogP contribution in [0, 0.1) is 6.92 Å². The van der Waals surface area contributed by atoms with Crippen molar-refractivity contribution in [3.63, 3.8) is 0 Å². The zero-order valence-corrected chi connectivity index (χ0v) is 13.3. The number of methoxy groups -OCH3 is 1. The van der Waals surface area contributed by atoms with Gasteiger partial charge >= 0.3 is 0 Å². The molecule has 116 valence electrons. The molecule has 2 rings (SSSR count). The van der Waals surface area contributed by atoms with Gasteiger partial charge in [-0.2, -0.15) is 0 Å².